The van der Waals surface area contributed by atoms with E-state index in [0.29, 0.717) is 17.7 Å². The Bertz CT molecular complexity index is 985. The number of hydrogen-bond donors (Lipinski definition) is 2. The van der Waals surface area contributed by atoms with E-state index in [4.69, 9.17) is 0 Å². The highest BCUT2D eigenvalue weighted by Gasteiger charge is 2.43. The molecule has 3 aliphatic rings. The second-order valence-corrected chi connectivity index (χ2v) is 10.0. The van der Waals surface area contributed by atoms with E-state index >= 15 is 0 Å². The van der Waals surface area contributed by atoms with E-state index in [1.165, 1.54) is 0 Å². The Morgan fingerprint density at radius 1 is 0.971 bits per heavy atom. The molecule has 35 heavy (non-hydrogen) atoms. The van der Waals surface area contributed by atoms with Crippen LogP contribution >= 0.6 is 0 Å². The molecule has 3 fully saturated rings. The quantitative estimate of drug-likeness (QED) is 0.630. The van der Waals surface area contributed by atoms with Crippen molar-refractivity contribution in [1.82, 2.24) is 25.1 Å². The van der Waals surface area contributed by atoms with E-state index in [1.54, 1.807) is 12.4 Å². The molecule has 2 aromatic rings. The van der Waals surface area contributed by atoms with Crippen LogP contribution in [0.25, 0.3) is 0 Å². The number of carboxylic acid groups (broad SMARTS) is 1. The topological polar surface area (TPSA) is 102 Å². The number of nitrogens with one attached hydrogen (secondary N) is 1. The number of carbonyl (C=O) groups is 2. The Balaban J connectivity index is 1.08. The fourth-order valence-electron chi connectivity index (χ4n) is 5.96. The lowest BCUT2D eigenvalue weighted by Crippen LogP contribution is -2.43. The van der Waals surface area contributed by atoms with E-state index in [0.717, 1.165) is 76.6 Å². The predicted molar refractivity (Wildman–Crippen MR) is 132 cm³/mol. The summed E-state index contributed by atoms with van der Waals surface area (Å²) in [7, 11) is 0. The van der Waals surface area contributed by atoms with Gasteiger partial charge < -0.3 is 25.1 Å². The summed E-state index contributed by atoms with van der Waals surface area (Å²) in [6.45, 7) is 6.14. The molecule has 9 heteroatoms. The molecule has 2 N–H and O–H groups in total. The average molecular weight is 479 g/mol. The maximum atomic E-state index is 13.2. The van der Waals surface area contributed by atoms with E-state index in [9.17, 15) is 14.7 Å². The largest absolute Gasteiger partial charge is 0.465 e. The Labute approximate surface area is 206 Å². The van der Waals surface area contributed by atoms with Crippen LogP contribution in [-0.2, 0) is 4.79 Å². The maximum Gasteiger partial charge on any atom is 0.405 e. The smallest absolute Gasteiger partial charge is 0.405 e. The third-order valence-corrected chi connectivity index (χ3v) is 7.79. The molecule has 4 heterocycles. The zero-order valence-electron chi connectivity index (χ0n) is 20.0. The second kappa shape index (κ2) is 10.6. The van der Waals surface area contributed by atoms with Gasteiger partial charge in [-0.1, -0.05) is 30.3 Å². The van der Waals surface area contributed by atoms with Crippen LogP contribution in [0.5, 0.6) is 0 Å². The first-order valence-electron chi connectivity index (χ1n) is 12.6. The lowest BCUT2D eigenvalue weighted by Gasteiger charge is -2.33. The third kappa shape index (κ3) is 5.56. The highest BCUT2D eigenvalue weighted by molar-refractivity contribution is 5.79. The summed E-state index contributed by atoms with van der Waals surface area (Å²) in [6.07, 6.45) is 4.97. The second-order valence-electron chi connectivity index (χ2n) is 10.0. The minimum absolute atomic E-state index is 0.0959. The number of piperidine rings is 1. The summed E-state index contributed by atoms with van der Waals surface area (Å²) >= 11 is 0. The molecule has 186 valence electrons. The van der Waals surface area contributed by atoms with E-state index < -0.39 is 6.09 Å². The van der Waals surface area contributed by atoms with Crippen LogP contribution in [0, 0.1) is 17.8 Å². The van der Waals surface area contributed by atoms with Crippen LogP contribution in [0.15, 0.2) is 48.8 Å². The maximum absolute atomic E-state index is 13.2. The zero-order chi connectivity index (χ0) is 24.2. The highest BCUT2D eigenvalue weighted by Crippen LogP contribution is 2.34. The SMILES string of the molecule is O=C(O)NC(CCN1CC2CN(C(=O)C3CCN(c4ncccn4)CC3)C[C@@H]2C1)c1ccccc1. The van der Waals surface area contributed by atoms with Crippen LogP contribution in [0.3, 0.4) is 0 Å². The summed E-state index contributed by atoms with van der Waals surface area (Å²) in [5.74, 6) is 2.19. The number of likely N-dealkylation sites (tertiary alicyclic amines) is 2. The third-order valence-electron chi connectivity index (χ3n) is 7.79. The molecule has 0 radical (unpaired) electrons. The zero-order valence-corrected chi connectivity index (χ0v) is 20.0. The molecule has 3 aliphatic heterocycles. The number of anilines is 1. The fourth-order valence-corrected chi connectivity index (χ4v) is 5.96. The molecular weight excluding hydrogens is 444 g/mol. The van der Waals surface area contributed by atoms with Gasteiger partial charge in [-0.15, -0.1) is 0 Å². The lowest BCUT2D eigenvalue weighted by atomic mass is 9.95. The number of amides is 2. The molecule has 3 saturated heterocycles. The minimum Gasteiger partial charge on any atom is -0.465 e. The van der Waals surface area contributed by atoms with Crippen molar-refractivity contribution >= 4 is 17.9 Å². The van der Waals surface area contributed by atoms with Gasteiger partial charge in [-0.05, 0) is 42.7 Å². The van der Waals surface area contributed by atoms with Crippen molar-refractivity contribution in [3.05, 3.63) is 54.4 Å². The van der Waals surface area contributed by atoms with E-state index in [-0.39, 0.29) is 12.0 Å². The molecule has 9 nitrogen and oxygen atoms in total. The van der Waals surface area contributed by atoms with Gasteiger partial charge in [0.1, 0.15) is 0 Å². The molecule has 0 spiro atoms. The van der Waals surface area contributed by atoms with Crippen LogP contribution < -0.4 is 10.2 Å². The van der Waals surface area contributed by atoms with E-state index in [2.05, 4.69) is 30.0 Å². The normalized spacial score (nSPS) is 23.8. The van der Waals surface area contributed by atoms with Crippen LogP contribution in [0.4, 0.5) is 10.7 Å². The molecular formula is C26H34N6O3. The molecule has 3 atom stereocenters. The van der Waals surface area contributed by atoms with Crippen molar-refractivity contribution in [2.75, 3.05) is 50.7 Å². The van der Waals surface area contributed by atoms with Crippen molar-refractivity contribution in [2.24, 2.45) is 17.8 Å². The Kier molecular flexibility index (Phi) is 7.13. The number of carbonyl (C=O) groups excluding carboxylic acids is 1. The number of hydrogen-bond acceptors (Lipinski definition) is 6. The van der Waals surface area contributed by atoms with Gasteiger partial charge in [-0.3, -0.25) is 4.79 Å². The molecule has 0 saturated carbocycles. The van der Waals surface area contributed by atoms with Gasteiger partial charge >= 0.3 is 6.09 Å². The molecule has 5 rings (SSSR count). The Morgan fingerprint density at radius 3 is 2.26 bits per heavy atom. The molecule has 2 unspecified atom stereocenters. The van der Waals surface area contributed by atoms with Gasteiger partial charge in [0.2, 0.25) is 11.9 Å². The first kappa shape index (κ1) is 23.5. The molecule has 2 amide bonds. The average Bonchev–Trinajstić information content (AvgIpc) is 3.46. The van der Waals surface area contributed by atoms with Crippen molar-refractivity contribution in [2.45, 2.75) is 25.3 Å². The number of rotatable bonds is 7. The standard InChI is InChI=1S/C26H34N6O3/c33-24(20-7-13-31(14-8-20)25-27-10-4-11-28-25)32-17-21-15-30(16-22(21)18-32)12-9-23(29-26(34)35)19-5-2-1-3-6-19/h1-6,10-11,20-23,29H,7-9,12-18H2,(H,34,35)/t21-,22?,23?/m0/s1. The highest BCUT2D eigenvalue weighted by atomic mass is 16.4. The fraction of sp³-hybridized carbons (Fsp3) is 0.538. The molecule has 0 aliphatic carbocycles. The van der Waals surface area contributed by atoms with Gasteiger partial charge in [-0.25, -0.2) is 14.8 Å². The van der Waals surface area contributed by atoms with Gasteiger partial charge in [0.15, 0.2) is 0 Å². The molecule has 1 aromatic carbocycles. The number of nitrogens with zero attached hydrogens (tertiary/aromatic N) is 5. The van der Waals surface area contributed by atoms with Crippen molar-refractivity contribution in [3.63, 3.8) is 0 Å². The summed E-state index contributed by atoms with van der Waals surface area (Å²) < 4.78 is 0. The Morgan fingerprint density at radius 2 is 1.63 bits per heavy atom. The first-order chi connectivity index (χ1) is 17.1. The summed E-state index contributed by atoms with van der Waals surface area (Å²) in [4.78, 5) is 39.9. The summed E-state index contributed by atoms with van der Waals surface area (Å²) in [5.41, 5.74) is 0.996. The molecule has 0 bridgehead atoms. The summed E-state index contributed by atoms with van der Waals surface area (Å²) in [5, 5.41) is 11.9. The number of aromatic nitrogens is 2. The predicted octanol–water partition coefficient (Wildman–Crippen LogP) is 2.48. The van der Waals surface area contributed by atoms with Crippen molar-refractivity contribution in [1.29, 1.82) is 0 Å². The van der Waals surface area contributed by atoms with Gasteiger partial charge in [0.05, 0.1) is 6.04 Å². The van der Waals surface area contributed by atoms with Gasteiger partial charge in [0, 0.05) is 64.1 Å². The minimum atomic E-state index is -0.992. The Hall–Kier alpha value is -3.20. The van der Waals surface area contributed by atoms with Crippen LogP contribution in [0.2, 0.25) is 0 Å². The van der Waals surface area contributed by atoms with Crippen LogP contribution in [0.1, 0.15) is 30.9 Å². The number of benzene rings is 1. The monoisotopic (exact) mass is 478 g/mol. The van der Waals surface area contributed by atoms with E-state index in [1.807, 2.05) is 36.4 Å². The summed E-state index contributed by atoms with van der Waals surface area (Å²) in [6, 6.07) is 11.4. The van der Waals surface area contributed by atoms with Gasteiger partial charge in [-0.2, -0.15) is 0 Å². The number of fused-ring (bicyclic) bond motifs is 1. The van der Waals surface area contributed by atoms with Crippen LogP contribution in [-0.4, -0.2) is 82.7 Å². The lowest BCUT2D eigenvalue weighted by molar-refractivity contribution is -0.135. The molecule has 1 aromatic heterocycles. The van der Waals surface area contributed by atoms with Crippen molar-refractivity contribution < 1.29 is 14.7 Å². The first-order valence-corrected chi connectivity index (χ1v) is 12.6. The van der Waals surface area contributed by atoms with Crippen molar-refractivity contribution in [3.8, 4) is 0 Å². The van der Waals surface area contributed by atoms with Gasteiger partial charge in [0.25, 0.3) is 0 Å².